The number of aliphatic hydroxyl groups is 1. The normalized spacial score (nSPS) is 19.7. The van der Waals surface area contributed by atoms with Gasteiger partial charge in [-0.3, -0.25) is 4.79 Å². The third-order valence-corrected chi connectivity index (χ3v) is 3.85. The van der Waals surface area contributed by atoms with Crippen molar-refractivity contribution in [2.75, 3.05) is 13.1 Å². The van der Waals surface area contributed by atoms with Crippen molar-refractivity contribution in [1.29, 1.82) is 0 Å². The number of rotatable bonds is 4. The third-order valence-electron chi connectivity index (χ3n) is 3.85. The lowest BCUT2D eigenvalue weighted by molar-refractivity contribution is -0.160. The van der Waals surface area contributed by atoms with Gasteiger partial charge < -0.3 is 15.2 Å². The summed E-state index contributed by atoms with van der Waals surface area (Å²) in [6, 6.07) is 9.57. The van der Waals surface area contributed by atoms with E-state index in [1.54, 1.807) is 6.92 Å². The number of benzene rings is 1. The highest BCUT2D eigenvalue weighted by Crippen LogP contribution is 2.28. The van der Waals surface area contributed by atoms with Crippen LogP contribution in [0.1, 0.15) is 25.3 Å². The summed E-state index contributed by atoms with van der Waals surface area (Å²) >= 11 is 0. The SMILES string of the molecule is CC(C(=O)OCc1ccccc1)C1(O)CCNCC1. The Hall–Kier alpha value is -1.39. The standard InChI is InChI=1S/C15H21NO3/c1-12(15(18)7-9-16-10-8-15)14(17)19-11-13-5-3-2-4-6-13/h2-6,12,16,18H,7-11H2,1H3. The largest absolute Gasteiger partial charge is 0.461 e. The van der Waals surface area contributed by atoms with Crippen LogP contribution in [0.4, 0.5) is 0 Å². The van der Waals surface area contributed by atoms with E-state index in [1.165, 1.54) is 0 Å². The molecule has 0 aliphatic carbocycles. The van der Waals surface area contributed by atoms with E-state index in [2.05, 4.69) is 5.32 Å². The molecule has 0 aromatic heterocycles. The van der Waals surface area contributed by atoms with Crippen molar-refractivity contribution < 1.29 is 14.6 Å². The van der Waals surface area contributed by atoms with Gasteiger partial charge in [0.1, 0.15) is 6.61 Å². The van der Waals surface area contributed by atoms with E-state index in [0.29, 0.717) is 12.8 Å². The van der Waals surface area contributed by atoms with Crippen molar-refractivity contribution >= 4 is 5.97 Å². The smallest absolute Gasteiger partial charge is 0.311 e. The number of ether oxygens (including phenoxy) is 1. The van der Waals surface area contributed by atoms with Gasteiger partial charge in [0.25, 0.3) is 0 Å². The van der Waals surface area contributed by atoms with Crippen LogP contribution in [0.2, 0.25) is 0 Å². The van der Waals surface area contributed by atoms with Gasteiger partial charge in [0, 0.05) is 0 Å². The summed E-state index contributed by atoms with van der Waals surface area (Å²) in [5, 5.41) is 13.6. The minimum atomic E-state index is -0.932. The molecule has 1 atom stereocenters. The van der Waals surface area contributed by atoms with Gasteiger partial charge >= 0.3 is 5.97 Å². The highest BCUT2D eigenvalue weighted by molar-refractivity contribution is 5.73. The van der Waals surface area contributed by atoms with Crippen LogP contribution < -0.4 is 5.32 Å². The fraction of sp³-hybridized carbons (Fsp3) is 0.533. The lowest BCUT2D eigenvalue weighted by Crippen LogP contribution is -2.49. The Morgan fingerprint density at radius 3 is 2.63 bits per heavy atom. The van der Waals surface area contributed by atoms with Crippen molar-refractivity contribution in [1.82, 2.24) is 5.32 Å². The van der Waals surface area contributed by atoms with Crippen LogP contribution in [-0.2, 0) is 16.1 Å². The molecule has 19 heavy (non-hydrogen) atoms. The van der Waals surface area contributed by atoms with Gasteiger partial charge in [-0.2, -0.15) is 0 Å². The van der Waals surface area contributed by atoms with Crippen molar-refractivity contribution in [2.45, 2.75) is 32.0 Å². The molecule has 1 aliphatic heterocycles. The zero-order chi connectivity index (χ0) is 13.7. The Morgan fingerprint density at radius 1 is 1.37 bits per heavy atom. The number of esters is 1. The topological polar surface area (TPSA) is 58.6 Å². The Bertz CT molecular complexity index is 413. The predicted octanol–water partition coefficient (Wildman–Crippen LogP) is 1.48. The van der Waals surface area contributed by atoms with Crippen LogP contribution in [0, 0.1) is 5.92 Å². The highest BCUT2D eigenvalue weighted by Gasteiger charge is 2.40. The molecule has 0 spiro atoms. The summed E-state index contributed by atoms with van der Waals surface area (Å²) in [6.07, 6.45) is 1.18. The van der Waals surface area contributed by atoms with Crippen molar-refractivity contribution in [3.8, 4) is 0 Å². The summed E-state index contributed by atoms with van der Waals surface area (Å²) in [5.74, 6) is -0.813. The number of carbonyl (C=O) groups is 1. The monoisotopic (exact) mass is 263 g/mol. The van der Waals surface area contributed by atoms with Crippen LogP contribution in [0.3, 0.4) is 0 Å². The van der Waals surface area contributed by atoms with Crippen LogP contribution >= 0.6 is 0 Å². The number of carbonyl (C=O) groups excluding carboxylic acids is 1. The van der Waals surface area contributed by atoms with Gasteiger partial charge in [-0.05, 0) is 38.4 Å². The lowest BCUT2D eigenvalue weighted by Gasteiger charge is -2.36. The quantitative estimate of drug-likeness (QED) is 0.808. The first-order chi connectivity index (χ1) is 9.12. The third kappa shape index (κ3) is 3.55. The average molecular weight is 263 g/mol. The number of hydrogen-bond donors (Lipinski definition) is 2. The van der Waals surface area contributed by atoms with Gasteiger partial charge in [-0.25, -0.2) is 0 Å². The zero-order valence-electron chi connectivity index (χ0n) is 11.3. The minimum Gasteiger partial charge on any atom is -0.461 e. The second-order valence-electron chi connectivity index (χ2n) is 5.17. The molecule has 1 saturated heterocycles. The first-order valence-corrected chi connectivity index (χ1v) is 6.75. The molecule has 0 amide bonds. The molecular formula is C15H21NO3. The molecule has 4 heteroatoms. The van der Waals surface area contributed by atoms with E-state index in [0.717, 1.165) is 18.7 Å². The molecule has 104 valence electrons. The van der Waals surface area contributed by atoms with E-state index in [1.807, 2.05) is 30.3 Å². The van der Waals surface area contributed by atoms with E-state index in [-0.39, 0.29) is 12.6 Å². The Balaban J connectivity index is 1.88. The Kier molecular flexibility index (Phi) is 4.56. The predicted molar refractivity (Wildman–Crippen MR) is 72.5 cm³/mol. The van der Waals surface area contributed by atoms with Crippen LogP contribution in [0.5, 0.6) is 0 Å². The molecule has 0 bridgehead atoms. The number of hydrogen-bond acceptors (Lipinski definition) is 4. The summed E-state index contributed by atoms with van der Waals surface area (Å²) in [6.45, 7) is 3.50. The van der Waals surface area contributed by atoms with E-state index < -0.39 is 11.5 Å². The highest BCUT2D eigenvalue weighted by atomic mass is 16.5. The second kappa shape index (κ2) is 6.17. The first kappa shape index (κ1) is 14.0. The molecular weight excluding hydrogens is 242 g/mol. The van der Waals surface area contributed by atoms with Crippen LogP contribution in [0.15, 0.2) is 30.3 Å². The second-order valence-corrected chi connectivity index (χ2v) is 5.17. The van der Waals surface area contributed by atoms with E-state index in [9.17, 15) is 9.90 Å². The Morgan fingerprint density at radius 2 is 2.00 bits per heavy atom. The summed E-state index contributed by atoms with van der Waals surface area (Å²) in [5.41, 5.74) is 0.0271. The van der Waals surface area contributed by atoms with Gasteiger partial charge in [0.15, 0.2) is 0 Å². The number of piperidine rings is 1. The molecule has 1 heterocycles. The van der Waals surface area contributed by atoms with E-state index in [4.69, 9.17) is 4.74 Å². The molecule has 1 aromatic rings. The fourth-order valence-corrected chi connectivity index (χ4v) is 2.37. The van der Waals surface area contributed by atoms with Crippen LogP contribution in [-0.4, -0.2) is 29.8 Å². The maximum Gasteiger partial charge on any atom is 0.311 e. The van der Waals surface area contributed by atoms with Gasteiger partial charge in [-0.1, -0.05) is 30.3 Å². The molecule has 0 saturated carbocycles. The van der Waals surface area contributed by atoms with Gasteiger partial charge in [0.2, 0.25) is 0 Å². The van der Waals surface area contributed by atoms with Gasteiger partial charge in [0.05, 0.1) is 11.5 Å². The van der Waals surface area contributed by atoms with Crippen molar-refractivity contribution in [2.24, 2.45) is 5.92 Å². The van der Waals surface area contributed by atoms with Crippen molar-refractivity contribution in [3.05, 3.63) is 35.9 Å². The van der Waals surface area contributed by atoms with Gasteiger partial charge in [-0.15, -0.1) is 0 Å². The fourth-order valence-electron chi connectivity index (χ4n) is 2.37. The molecule has 1 aromatic carbocycles. The zero-order valence-corrected chi connectivity index (χ0v) is 11.3. The van der Waals surface area contributed by atoms with E-state index >= 15 is 0 Å². The molecule has 1 unspecified atom stereocenters. The molecule has 1 fully saturated rings. The van der Waals surface area contributed by atoms with Crippen LogP contribution in [0.25, 0.3) is 0 Å². The molecule has 2 rings (SSSR count). The summed E-state index contributed by atoms with van der Waals surface area (Å²) in [4.78, 5) is 12.0. The first-order valence-electron chi connectivity index (χ1n) is 6.75. The average Bonchev–Trinajstić information content (AvgIpc) is 2.46. The molecule has 1 aliphatic rings. The molecule has 4 nitrogen and oxygen atoms in total. The molecule has 0 radical (unpaired) electrons. The Labute approximate surface area is 113 Å². The maximum atomic E-state index is 12.0. The summed E-state index contributed by atoms with van der Waals surface area (Å²) in [7, 11) is 0. The maximum absolute atomic E-state index is 12.0. The molecule has 2 N–H and O–H groups in total. The summed E-state index contributed by atoms with van der Waals surface area (Å²) < 4.78 is 5.29. The lowest BCUT2D eigenvalue weighted by atomic mass is 9.81. The van der Waals surface area contributed by atoms with Crippen molar-refractivity contribution in [3.63, 3.8) is 0 Å². The number of nitrogens with one attached hydrogen (secondary N) is 1. The minimum absolute atomic E-state index is 0.262.